The minimum Gasteiger partial charge on any atom is -0.443 e. The van der Waals surface area contributed by atoms with E-state index in [9.17, 15) is 27.6 Å². The minimum absolute atomic E-state index is 0. The Labute approximate surface area is 265 Å². The van der Waals surface area contributed by atoms with Crippen LogP contribution in [0.4, 0.5) is 10.5 Å². The van der Waals surface area contributed by atoms with Crippen LogP contribution in [0.25, 0.3) is 0 Å². The van der Waals surface area contributed by atoms with Crippen molar-refractivity contribution in [2.45, 2.75) is 56.8 Å². The first-order valence-corrected chi connectivity index (χ1v) is 15.5. The van der Waals surface area contributed by atoms with Gasteiger partial charge in [0.1, 0.15) is 6.10 Å². The number of hydrogen-bond donors (Lipinski definition) is 3. The first-order valence-electron chi connectivity index (χ1n) is 12.5. The predicted molar refractivity (Wildman–Crippen MR) is 149 cm³/mol. The van der Waals surface area contributed by atoms with Crippen molar-refractivity contribution in [1.82, 2.24) is 9.42 Å². The van der Waals surface area contributed by atoms with Crippen LogP contribution < -0.4 is 5.73 Å². The number of nitrogen functional groups attached to an aromatic ring is 1. The molecule has 1 saturated heterocycles. The number of nitrogens with zero attached hydrogens (tertiary/aromatic N) is 2. The van der Waals surface area contributed by atoms with E-state index in [4.69, 9.17) is 19.7 Å². The van der Waals surface area contributed by atoms with Crippen molar-refractivity contribution in [2.75, 3.05) is 25.5 Å². The van der Waals surface area contributed by atoms with Crippen LogP contribution >= 0.6 is 7.82 Å². The Bertz CT molecular complexity index is 1240. The summed E-state index contributed by atoms with van der Waals surface area (Å²) in [6, 6.07) is 13.1. The van der Waals surface area contributed by atoms with E-state index >= 15 is 0 Å². The first-order chi connectivity index (χ1) is 18.3. The average molecular weight is 626 g/mol. The number of rotatable bonds is 12. The number of hydrazine groups is 1. The van der Waals surface area contributed by atoms with Gasteiger partial charge in [0.05, 0.1) is 30.3 Å². The first kappa shape index (κ1) is 34.9. The molecule has 15 heteroatoms. The van der Waals surface area contributed by atoms with Gasteiger partial charge in [-0.25, -0.2) is 22.8 Å². The Morgan fingerprint density at radius 2 is 1.75 bits per heavy atom. The van der Waals surface area contributed by atoms with E-state index in [1.54, 1.807) is 44.2 Å². The van der Waals surface area contributed by atoms with Crippen molar-refractivity contribution in [3.63, 3.8) is 0 Å². The Morgan fingerprint density at radius 1 is 1.12 bits per heavy atom. The van der Waals surface area contributed by atoms with Crippen LogP contribution in [-0.2, 0) is 35.0 Å². The topological polar surface area (TPSA) is 169 Å². The van der Waals surface area contributed by atoms with Crippen LogP contribution in [0.1, 0.15) is 32.8 Å². The van der Waals surface area contributed by atoms with E-state index in [-0.39, 0.29) is 68.1 Å². The van der Waals surface area contributed by atoms with Gasteiger partial charge >= 0.3 is 13.9 Å². The third-order valence-electron chi connectivity index (χ3n) is 6.01. The summed E-state index contributed by atoms with van der Waals surface area (Å²) >= 11 is 0. The molecule has 1 aliphatic rings. The summed E-state index contributed by atoms with van der Waals surface area (Å²) in [5, 5.41) is 0.914. The summed E-state index contributed by atoms with van der Waals surface area (Å²) in [4.78, 5) is 32.9. The summed E-state index contributed by atoms with van der Waals surface area (Å²) in [7, 11) is -9.41. The van der Waals surface area contributed by atoms with Crippen LogP contribution in [0.5, 0.6) is 0 Å². The molecule has 1 amide bonds. The number of sulfonamides is 1. The maximum atomic E-state index is 14.0. The van der Waals surface area contributed by atoms with Gasteiger partial charge in [0.25, 0.3) is 10.0 Å². The quantitative estimate of drug-likeness (QED) is 0.138. The zero-order chi connectivity index (χ0) is 28.8. The molecule has 218 valence electrons. The Hall–Kier alpha value is -1.25. The molecule has 0 saturated carbocycles. The Morgan fingerprint density at radius 3 is 2.27 bits per heavy atom. The van der Waals surface area contributed by atoms with Crippen molar-refractivity contribution in [3.05, 3.63) is 60.2 Å². The maximum Gasteiger partial charge on any atom is 0.469 e. The number of hydrogen-bond acceptors (Lipinski definition) is 8. The Kier molecular flexibility index (Phi) is 13.4. The van der Waals surface area contributed by atoms with E-state index in [0.29, 0.717) is 24.3 Å². The molecule has 1 aliphatic heterocycles. The largest absolute Gasteiger partial charge is 0.469 e. The molecular weight excluding hydrogens is 589 g/mol. The monoisotopic (exact) mass is 625 g/mol. The second-order valence-corrected chi connectivity index (χ2v) is 12.8. The van der Waals surface area contributed by atoms with Gasteiger partial charge in [0, 0.05) is 56.4 Å². The third-order valence-corrected chi connectivity index (χ3v) is 8.36. The van der Waals surface area contributed by atoms with Gasteiger partial charge in [-0.2, -0.15) is 0 Å². The van der Waals surface area contributed by atoms with E-state index < -0.39 is 42.2 Å². The minimum atomic E-state index is -5.02. The number of carbonyl (C=O) groups is 1. The molecule has 3 atom stereocenters. The fourth-order valence-corrected chi connectivity index (χ4v) is 6.37. The Balaban J connectivity index is 0.00000560. The molecule has 4 N–H and O–H groups in total. The number of anilines is 1. The number of carbonyl (C=O) groups excluding carboxylic acids is 1. The van der Waals surface area contributed by atoms with Crippen LogP contribution in [0.15, 0.2) is 59.5 Å². The van der Waals surface area contributed by atoms with E-state index in [1.165, 1.54) is 31.2 Å². The van der Waals surface area contributed by atoms with Gasteiger partial charge in [-0.05, 0) is 49.1 Å². The molecule has 0 unspecified atom stereocenters. The SMILES string of the molecule is CC(C)CN(N(C(=O)O[C@H]1CCOC1)[C@@H](Cc1ccccc1)[C@@H](C)OP(=O)(O)O)S(=O)(=O)c1ccc(N)cc1.[Ca]. The molecule has 40 heavy (non-hydrogen) atoms. The van der Waals surface area contributed by atoms with Gasteiger partial charge in [-0.15, -0.1) is 4.41 Å². The van der Waals surface area contributed by atoms with Gasteiger partial charge in [0.2, 0.25) is 0 Å². The molecule has 2 radical (unpaired) electrons. The third kappa shape index (κ3) is 9.94. The molecule has 1 fully saturated rings. The number of nitrogens with two attached hydrogens (primary N) is 1. The maximum absolute atomic E-state index is 14.0. The smallest absolute Gasteiger partial charge is 0.443 e. The molecular formula is C25H36CaN3O9PS. The van der Waals surface area contributed by atoms with Crippen LogP contribution in [0, 0.1) is 5.92 Å². The predicted octanol–water partition coefficient (Wildman–Crippen LogP) is 2.79. The fraction of sp³-hybridized carbons (Fsp3) is 0.480. The van der Waals surface area contributed by atoms with E-state index in [2.05, 4.69) is 0 Å². The summed E-state index contributed by atoms with van der Waals surface area (Å²) in [6.45, 7) is 5.31. The van der Waals surface area contributed by atoms with Crippen molar-refractivity contribution >= 4 is 67.4 Å². The number of benzene rings is 2. The van der Waals surface area contributed by atoms with Crippen molar-refractivity contribution < 1.29 is 41.6 Å². The molecule has 3 rings (SSSR count). The molecule has 0 aromatic heterocycles. The zero-order valence-electron chi connectivity index (χ0n) is 22.8. The molecule has 12 nitrogen and oxygen atoms in total. The molecule has 0 bridgehead atoms. The van der Waals surface area contributed by atoms with Crippen molar-refractivity contribution in [3.8, 4) is 0 Å². The summed E-state index contributed by atoms with van der Waals surface area (Å²) < 4.78 is 56.8. The van der Waals surface area contributed by atoms with Crippen LogP contribution in [0.2, 0.25) is 0 Å². The standard InChI is InChI=1S/C25H36N3O9PS.Ca/c1-18(2)16-27(39(33,34)23-11-9-21(26)10-12-23)28(25(29)36-22-13-14-35-17-22)24(19(3)37-38(30,31)32)15-20-7-5-4-6-8-20;/h4-12,18-19,22,24H,13-17,26H2,1-3H3,(H2,30,31,32);/t19-,22+,24+;/m1./s1. The molecule has 2 aromatic rings. The van der Waals surface area contributed by atoms with Crippen LogP contribution in [0.3, 0.4) is 0 Å². The number of phosphoric ester groups is 1. The number of amides is 1. The second kappa shape index (κ2) is 15.3. The molecule has 0 spiro atoms. The summed E-state index contributed by atoms with van der Waals surface area (Å²) in [5.41, 5.74) is 6.80. The summed E-state index contributed by atoms with van der Waals surface area (Å²) in [5.74, 6) is -0.256. The van der Waals surface area contributed by atoms with Crippen LogP contribution in [-0.4, -0.2) is 109 Å². The van der Waals surface area contributed by atoms with Gasteiger partial charge in [-0.3, -0.25) is 4.52 Å². The summed E-state index contributed by atoms with van der Waals surface area (Å²) in [6.07, 6.45) is -2.51. The number of phosphoric acid groups is 1. The normalized spacial score (nSPS) is 17.3. The van der Waals surface area contributed by atoms with Gasteiger partial charge in [-0.1, -0.05) is 44.2 Å². The molecule has 1 heterocycles. The fourth-order valence-electron chi connectivity index (χ4n) is 4.16. The van der Waals surface area contributed by atoms with Gasteiger partial charge in [0.15, 0.2) is 0 Å². The average Bonchev–Trinajstić information content (AvgIpc) is 3.35. The second-order valence-electron chi connectivity index (χ2n) is 9.74. The van der Waals surface area contributed by atoms with E-state index in [1.807, 2.05) is 0 Å². The van der Waals surface area contributed by atoms with Gasteiger partial charge < -0.3 is 25.0 Å². The van der Waals surface area contributed by atoms with Crippen molar-refractivity contribution in [2.24, 2.45) is 5.92 Å². The van der Waals surface area contributed by atoms with E-state index in [0.717, 1.165) is 9.42 Å². The zero-order valence-corrected chi connectivity index (χ0v) is 26.7. The molecule has 0 aliphatic carbocycles. The number of ether oxygens (including phenoxy) is 2. The molecule has 2 aromatic carbocycles. The van der Waals surface area contributed by atoms with Crippen molar-refractivity contribution in [1.29, 1.82) is 0 Å².